The van der Waals surface area contributed by atoms with Gasteiger partial charge >= 0.3 is 0 Å². The number of hydrogen-bond donors (Lipinski definition) is 1. The van der Waals surface area contributed by atoms with Crippen LogP contribution in [0.2, 0.25) is 0 Å². The number of hydrogen-bond acceptors (Lipinski definition) is 4. The summed E-state index contributed by atoms with van der Waals surface area (Å²) >= 11 is 5.15. The molecule has 0 radical (unpaired) electrons. The molecule has 0 aliphatic heterocycles. The van der Waals surface area contributed by atoms with Crippen molar-refractivity contribution in [2.45, 2.75) is 25.4 Å². The Hall–Kier alpha value is -0.410. The van der Waals surface area contributed by atoms with E-state index in [1.807, 2.05) is 13.1 Å². The Morgan fingerprint density at radius 1 is 1.62 bits per heavy atom. The predicted octanol–water partition coefficient (Wildman–Crippen LogP) is 2.74. The van der Waals surface area contributed by atoms with Gasteiger partial charge < -0.3 is 5.73 Å². The molecule has 2 N–H and O–H groups in total. The summed E-state index contributed by atoms with van der Waals surface area (Å²) in [5, 5.41) is 8.70. The predicted molar refractivity (Wildman–Crippen MR) is 71.3 cm³/mol. The van der Waals surface area contributed by atoms with Crippen molar-refractivity contribution in [3.63, 3.8) is 0 Å². The van der Waals surface area contributed by atoms with Crippen molar-refractivity contribution in [3.05, 3.63) is 20.8 Å². The third-order valence-corrected chi connectivity index (χ3v) is 4.44. The number of nitrogens with two attached hydrogens (primary N) is 1. The zero-order chi connectivity index (χ0) is 12.1. The lowest BCUT2D eigenvalue weighted by atomic mass is 10.1. The molecule has 1 aromatic rings. The fraction of sp³-hybridized carbons (Fsp3) is 0.545. The summed E-state index contributed by atoms with van der Waals surface area (Å²) in [5.74, 6) is 0. The summed E-state index contributed by atoms with van der Waals surface area (Å²) < 4.78 is 1.11. The molecule has 1 aromatic heterocycles. The molecule has 2 unspecified atom stereocenters. The van der Waals surface area contributed by atoms with Crippen LogP contribution in [-0.4, -0.2) is 24.5 Å². The SMILES string of the molecule is CC(CC#N)N(C)C(CN)c1ccc(Br)s1. The van der Waals surface area contributed by atoms with Gasteiger partial charge in [0.15, 0.2) is 0 Å². The molecule has 0 aliphatic rings. The Bertz CT molecular complexity index is 372. The first kappa shape index (κ1) is 13.7. The van der Waals surface area contributed by atoms with E-state index in [0.717, 1.165) is 3.79 Å². The normalized spacial score (nSPS) is 14.8. The summed E-state index contributed by atoms with van der Waals surface area (Å²) in [6, 6.07) is 6.73. The molecule has 5 heteroatoms. The molecule has 88 valence electrons. The monoisotopic (exact) mass is 301 g/mol. The standard InChI is InChI=1S/C11H16BrN3S/c1-8(5-6-13)15(2)9(7-14)10-3-4-11(12)16-10/h3-4,8-9H,5,7,14H2,1-2H3. The minimum Gasteiger partial charge on any atom is -0.329 e. The third kappa shape index (κ3) is 3.29. The highest BCUT2D eigenvalue weighted by atomic mass is 79.9. The molecule has 0 aliphatic carbocycles. The lowest BCUT2D eigenvalue weighted by Crippen LogP contribution is -2.36. The van der Waals surface area contributed by atoms with Crippen molar-refractivity contribution in [1.29, 1.82) is 5.26 Å². The van der Waals surface area contributed by atoms with Crippen LogP contribution in [0.25, 0.3) is 0 Å². The van der Waals surface area contributed by atoms with E-state index < -0.39 is 0 Å². The van der Waals surface area contributed by atoms with E-state index in [1.165, 1.54) is 4.88 Å². The zero-order valence-electron chi connectivity index (χ0n) is 9.48. The molecule has 0 saturated heterocycles. The van der Waals surface area contributed by atoms with Gasteiger partial charge in [-0.05, 0) is 42.0 Å². The molecule has 2 atom stereocenters. The molecule has 16 heavy (non-hydrogen) atoms. The average Bonchev–Trinajstić information content (AvgIpc) is 2.66. The van der Waals surface area contributed by atoms with E-state index in [4.69, 9.17) is 11.0 Å². The first-order valence-corrected chi connectivity index (χ1v) is 6.75. The van der Waals surface area contributed by atoms with Crippen molar-refractivity contribution >= 4 is 27.3 Å². The fourth-order valence-corrected chi connectivity index (χ4v) is 3.16. The van der Waals surface area contributed by atoms with Gasteiger partial charge in [-0.15, -0.1) is 11.3 Å². The summed E-state index contributed by atoms with van der Waals surface area (Å²) in [4.78, 5) is 3.41. The van der Waals surface area contributed by atoms with E-state index in [2.05, 4.69) is 39.9 Å². The molecule has 0 aromatic carbocycles. The van der Waals surface area contributed by atoms with E-state index >= 15 is 0 Å². The first-order valence-electron chi connectivity index (χ1n) is 5.14. The second kappa shape index (κ2) is 6.36. The van der Waals surface area contributed by atoms with Gasteiger partial charge in [0.25, 0.3) is 0 Å². The van der Waals surface area contributed by atoms with Crippen LogP contribution in [0.15, 0.2) is 15.9 Å². The van der Waals surface area contributed by atoms with E-state index in [0.29, 0.717) is 13.0 Å². The van der Waals surface area contributed by atoms with Crippen LogP contribution in [-0.2, 0) is 0 Å². The molecule has 0 amide bonds. The number of thiophene rings is 1. The smallest absolute Gasteiger partial charge is 0.0702 e. The minimum atomic E-state index is 0.194. The number of halogens is 1. The Kier molecular flexibility index (Phi) is 5.42. The first-order chi connectivity index (χ1) is 7.60. The number of rotatable bonds is 5. The van der Waals surface area contributed by atoms with Gasteiger partial charge in [0, 0.05) is 17.5 Å². The van der Waals surface area contributed by atoms with Gasteiger partial charge in [-0.2, -0.15) is 5.26 Å². The van der Waals surface area contributed by atoms with Crippen molar-refractivity contribution < 1.29 is 0 Å². The highest BCUT2D eigenvalue weighted by Crippen LogP contribution is 2.30. The maximum absolute atomic E-state index is 8.70. The van der Waals surface area contributed by atoms with Gasteiger partial charge in [0.1, 0.15) is 0 Å². The Labute approximate surface area is 109 Å². The maximum Gasteiger partial charge on any atom is 0.0702 e. The van der Waals surface area contributed by atoms with Crippen LogP contribution < -0.4 is 5.73 Å². The van der Waals surface area contributed by atoms with Crippen LogP contribution in [0.1, 0.15) is 24.3 Å². The summed E-state index contributed by atoms with van der Waals surface area (Å²) in [7, 11) is 2.02. The van der Waals surface area contributed by atoms with Gasteiger partial charge in [-0.3, -0.25) is 4.90 Å². The molecule has 0 fully saturated rings. The number of nitrogens with zero attached hydrogens (tertiary/aromatic N) is 2. The van der Waals surface area contributed by atoms with Gasteiger partial charge in [0.2, 0.25) is 0 Å². The van der Waals surface area contributed by atoms with Crippen LogP contribution >= 0.6 is 27.3 Å². The number of likely N-dealkylation sites (N-methyl/N-ethyl adjacent to an activating group) is 1. The van der Waals surface area contributed by atoms with Crippen molar-refractivity contribution in [3.8, 4) is 6.07 Å². The summed E-state index contributed by atoms with van der Waals surface area (Å²) in [5.41, 5.74) is 5.82. The lowest BCUT2D eigenvalue weighted by molar-refractivity contribution is 0.194. The Morgan fingerprint density at radius 3 is 2.75 bits per heavy atom. The fourth-order valence-electron chi connectivity index (χ4n) is 1.57. The minimum absolute atomic E-state index is 0.194. The topological polar surface area (TPSA) is 53.0 Å². The zero-order valence-corrected chi connectivity index (χ0v) is 11.9. The van der Waals surface area contributed by atoms with Crippen LogP contribution in [0.4, 0.5) is 0 Å². The Balaban J connectivity index is 2.78. The molecule has 1 heterocycles. The Morgan fingerprint density at radius 2 is 2.31 bits per heavy atom. The summed E-state index contributed by atoms with van der Waals surface area (Å²) in [6.45, 7) is 2.62. The van der Waals surface area contributed by atoms with Crippen molar-refractivity contribution in [1.82, 2.24) is 4.90 Å². The van der Waals surface area contributed by atoms with Gasteiger partial charge in [-0.25, -0.2) is 0 Å². The molecule has 1 rings (SSSR count). The molecule has 0 bridgehead atoms. The highest BCUT2D eigenvalue weighted by Gasteiger charge is 2.21. The van der Waals surface area contributed by atoms with E-state index in [9.17, 15) is 0 Å². The quantitative estimate of drug-likeness (QED) is 0.910. The third-order valence-electron chi connectivity index (χ3n) is 2.72. The molecular weight excluding hydrogens is 286 g/mol. The second-order valence-corrected chi connectivity index (χ2v) is 6.26. The molecule has 3 nitrogen and oxygen atoms in total. The van der Waals surface area contributed by atoms with Crippen molar-refractivity contribution in [2.24, 2.45) is 5.73 Å². The van der Waals surface area contributed by atoms with Crippen LogP contribution in [0.3, 0.4) is 0 Å². The van der Waals surface area contributed by atoms with Gasteiger partial charge in [0.05, 0.1) is 22.3 Å². The lowest BCUT2D eigenvalue weighted by Gasteiger charge is -2.30. The average molecular weight is 302 g/mol. The summed E-state index contributed by atoms with van der Waals surface area (Å²) in [6.07, 6.45) is 0.527. The molecule has 0 spiro atoms. The maximum atomic E-state index is 8.70. The van der Waals surface area contributed by atoms with Crippen molar-refractivity contribution in [2.75, 3.05) is 13.6 Å². The van der Waals surface area contributed by atoms with E-state index in [1.54, 1.807) is 11.3 Å². The van der Waals surface area contributed by atoms with Gasteiger partial charge in [-0.1, -0.05) is 0 Å². The molecule has 0 saturated carbocycles. The van der Waals surface area contributed by atoms with Crippen LogP contribution in [0.5, 0.6) is 0 Å². The number of nitriles is 1. The van der Waals surface area contributed by atoms with Crippen LogP contribution in [0, 0.1) is 11.3 Å². The largest absolute Gasteiger partial charge is 0.329 e. The molecular formula is C11H16BrN3S. The second-order valence-electron chi connectivity index (χ2n) is 3.77. The highest BCUT2D eigenvalue weighted by molar-refractivity contribution is 9.11. The van der Waals surface area contributed by atoms with E-state index in [-0.39, 0.29) is 12.1 Å².